The van der Waals surface area contributed by atoms with E-state index in [-0.39, 0.29) is 0 Å². The molecule has 0 saturated carbocycles. The van der Waals surface area contributed by atoms with Gasteiger partial charge in [0.1, 0.15) is 0 Å². The summed E-state index contributed by atoms with van der Waals surface area (Å²) >= 11 is 0. The van der Waals surface area contributed by atoms with Gasteiger partial charge in [0.25, 0.3) is 0 Å². The highest BCUT2D eigenvalue weighted by molar-refractivity contribution is 4.92. The molecule has 0 N–H and O–H groups in total. The molecule has 0 aromatic rings. The Balaban J connectivity index is 2.23. The lowest BCUT2D eigenvalue weighted by Gasteiger charge is -2.25. The van der Waals surface area contributed by atoms with Crippen LogP contribution in [0.25, 0.3) is 0 Å². The summed E-state index contributed by atoms with van der Waals surface area (Å²) in [5.74, 6) is 1.85. The number of hydrogen-bond acceptors (Lipinski definition) is 1. The van der Waals surface area contributed by atoms with Gasteiger partial charge in [-0.05, 0) is 37.3 Å². The quantitative estimate of drug-likeness (QED) is 0.584. The van der Waals surface area contributed by atoms with Gasteiger partial charge in [-0.15, -0.1) is 0 Å². The SMILES string of the molecule is CCCCC(CCC)CCC1C=CN(C)CC1. The Bertz CT molecular complexity index is 210. The normalized spacial score (nSPS) is 21.8. The van der Waals surface area contributed by atoms with Gasteiger partial charge in [-0.1, -0.05) is 52.0 Å². The van der Waals surface area contributed by atoms with Crippen LogP contribution in [0.2, 0.25) is 0 Å². The minimum absolute atomic E-state index is 0.854. The maximum atomic E-state index is 2.42. The van der Waals surface area contributed by atoms with E-state index in [1.807, 2.05) is 0 Å². The van der Waals surface area contributed by atoms with Gasteiger partial charge in [-0.25, -0.2) is 0 Å². The highest BCUT2D eigenvalue weighted by Crippen LogP contribution is 2.26. The van der Waals surface area contributed by atoms with Gasteiger partial charge in [-0.2, -0.15) is 0 Å². The first-order chi connectivity index (χ1) is 8.26. The second kappa shape index (κ2) is 8.60. The van der Waals surface area contributed by atoms with E-state index in [4.69, 9.17) is 0 Å². The topological polar surface area (TPSA) is 3.24 Å². The highest BCUT2D eigenvalue weighted by atomic mass is 15.1. The smallest absolute Gasteiger partial charge is 0.0174 e. The molecule has 1 heterocycles. The zero-order chi connectivity index (χ0) is 12.5. The fraction of sp³-hybridized carbons (Fsp3) is 0.875. The third-order valence-corrected chi connectivity index (χ3v) is 4.07. The van der Waals surface area contributed by atoms with Crippen LogP contribution in [-0.2, 0) is 0 Å². The first-order valence-corrected chi connectivity index (χ1v) is 7.64. The molecule has 2 unspecified atom stereocenters. The predicted octanol–water partition coefficient (Wildman–Crippen LogP) is 4.84. The number of rotatable bonds is 8. The molecule has 0 aromatic carbocycles. The van der Waals surface area contributed by atoms with Crippen LogP contribution >= 0.6 is 0 Å². The van der Waals surface area contributed by atoms with Crippen LogP contribution in [0.5, 0.6) is 0 Å². The lowest BCUT2D eigenvalue weighted by atomic mass is 9.87. The molecule has 1 rings (SSSR count). The Hall–Kier alpha value is -0.460. The van der Waals surface area contributed by atoms with Crippen molar-refractivity contribution < 1.29 is 0 Å². The minimum Gasteiger partial charge on any atom is -0.381 e. The zero-order valence-corrected chi connectivity index (χ0v) is 12.1. The molecule has 0 saturated heterocycles. The monoisotopic (exact) mass is 237 g/mol. The molecular weight excluding hydrogens is 206 g/mol. The Labute approximate surface area is 108 Å². The molecule has 0 aliphatic carbocycles. The summed E-state index contributed by atoms with van der Waals surface area (Å²) in [6.45, 7) is 5.88. The highest BCUT2D eigenvalue weighted by Gasteiger charge is 2.14. The lowest BCUT2D eigenvalue weighted by molar-refractivity contribution is 0.326. The third-order valence-electron chi connectivity index (χ3n) is 4.07. The standard InChI is InChI=1S/C16H31N/c1-4-6-8-15(7-5-2)9-10-16-11-13-17(3)14-12-16/h11,13,15-16H,4-10,12,14H2,1-3H3. The maximum absolute atomic E-state index is 2.42. The molecule has 0 amide bonds. The third kappa shape index (κ3) is 6.14. The van der Waals surface area contributed by atoms with E-state index in [0.717, 1.165) is 11.8 Å². The Morgan fingerprint density at radius 3 is 2.59 bits per heavy atom. The van der Waals surface area contributed by atoms with Crippen LogP contribution < -0.4 is 0 Å². The van der Waals surface area contributed by atoms with Crippen molar-refractivity contribution in [3.8, 4) is 0 Å². The molecule has 2 atom stereocenters. The van der Waals surface area contributed by atoms with Gasteiger partial charge in [0.15, 0.2) is 0 Å². The van der Waals surface area contributed by atoms with Crippen molar-refractivity contribution in [1.82, 2.24) is 4.90 Å². The fourth-order valence-electron chi connectivity index (χ4n) is 2.83. The van der Waals surface area contributed by atoms with Crippen LogP contribution in [-0.4, -0.2) is 18.5 Å². The maximum Gasteiger partial charge on any atom is 0.0174 e. The van der Waals surface area contributed by atoms with Gasteiger partial charge in [-0.3, -0.25) is 0 Å². The van der Waals surface area contributed by atoms with Crippen molar-refractivity contribution in [2.45, 2.75) is 65.2 Å². The number of hydrogen-bond donors (Lipinski definition) is 0. The summed E-state index contributed by atoms with van der Waals surface area (Å²) < 4.78 is 0. The van der Waals surface area contributed by atoms with Crippen LogP contribution in [0.3, 0.4) is 0 Å². The van der Waals surface area contributed by atoms with Crippen LogP contribution in [0.1, 0.15) is 65.2 Å². The average molecular weight is 237 g/mol. The number of allylic oxidation sites excluding steroid dienone is 1. The molecular formula is C16H31N. The molecule has 1 aliphatic rings. The van der Waals surface area contributed by atoms with Gasteiger partial charge in [0, 0.05) is 13.6 Å². The summed E-state index contributed by atoms with van der Waals surface area (Å²) in [5, 5.41) is 0. The van der Waals surface area contributed by atoms with Crippen molar-refractivity contribution in [1.29, 1.82) is 0 Å². The summed E-state index contributed by atoms with van der Waals surface area (Å²) in [5.41, 5.74) is 0. The van der Waals surface area contributed by atoms with Crippen molar-refractivity contribution >= 4 is 0 Å². The summed E-state index contributed by atoms with van der Waals surface area (Å²) in [4.78, 5) is 2.30. The van der Waals surface area contributed by atoms with Crippen molar-refractivity contribution in [3.63, 3.8) is 0 Å². The van der Waals surface area contributed by atoms with Crippen molar-refractivity contribution in [2.75, 3.05) is 13.6 Å². The molecule has 0 bridgehead atoms. The minimum atomic E-state index is 0.854. The van der Waals surface area contributed by atoms with E-state index < -0.39 is 0 Å². The summed E-state index contributed by atoms with van der Waals surface area (Å²) in [7, 11) is 2.17. The zero-order valence-electron chi connectivity index (χ0n) is 12.1. The van der Waals surface area contributed by atoms with E-state index in [1.54, 1.807) is 0 Å². The first kappa shape index (κ1) is 14.6. The van der Waals surface area contributed by atoms with Crippen LogP contribution in [0, 0.1) is 11.8 Å². The fourth-order valence-corrected chi connectivity index (χ4v) is 2.83. The lowest BCUT2D eigenvalue weighted by Crippen LogP contribution is -2.20. The van der Waals surface area contributed by atoms with Crippen LogP contribution in [0.15, 0.2) is 12.3 Å². The second-order valence-corrected chi connectivity index (χ2v) is 5.75. The molecule has 1 nitrogen and oxygen atoms in total. The number of unbranched alkanes of at least 4 members (excludes halogenated alkanes) is 1. The molecule has 0 fully saturated rings. The molecule has 1 heteroatoms. The molecule has 1 aliphatic heterocycles. The van der Waals surface area contributed by atoms with Crippen molar-refractivity contribution in [3.05, 3.63) is 12.3 Å². The van der Waals surface area contributed by atoms with Crippen LogP contribution in [0.4, 0.5) is 0 Å². The molecule has 0 radical (unpaired) electrons. The largest absolute Gasteiger partial charge is 0.381 e. The molecule has 0 spiro atoms. The van der Waals surface area contributed by atoms with Gasteiger partial charge >= 0.3 is 0 Å². The van der Waals surface area contributed by atoms with E-state index in [9.17, 15) is 0 Å². The first-order valence-electron chi connectivity index (χ1n) is 7.64. The van der Waals surface area contributed by atoms with Crippen molar-refractivity contribution in [2.24, 2.45) is 11.8 Å². The van der Waals surface area contributed by atoms with Gasteiger partial charge in [0.2, 0.25) is 0 Å². The van der Waals surface area contributed by atoms with E-state index in [2.05, 4.69) is 38.1 Å². The van der Waals surface area contributed by atoms with Gasteiger partial charge < -0.3 is 4.90 Å². The predicted molar refractivity (Wildman–Crippen MR) is 77.0 cm³/mol. The molecule has 0 aromatic heterocycles. The van der Waals surface area contributed by atoms with E-state index in [1.165, 1.54) is 57.9 Å². The van der Waals surface area contributed by atoms with Gasteiger partial charge in [0.05, 0.1) is 0 Å². The Kier molecular flexibility index (Phi) is 7.39. The molecule has 100 valence electrons. The molecule has 17 heavy (non-hydrogen) atoms. The summed E-state index contributed by atoms with van der Waals surface area (Å²) in [6.07, 6.45) is 16.0. The van der Waals surface area contributed by atoms with E-state index in [0.29, 0.717) is 0 Å². The van der Waals surface area contributed by atoms with E-state index >= 15 is 0 Å². The Morgan fingerprint density at radius 2 is 2.00 bits per heavy atom. The second-order valence-electron chi connectivity index (χ2n) is 5.75. The summed E-state index contributed by atoms with van der Waals surface area (Å²) in [6, 6.07) is 0. The Morgan fingerprint density at radius 1 is 1.18 bits per heavy atom. The number of nitrogens with zero attached hydrogens (tertiary/aromatic N) is 1. The average Bonchev–Trinajstić information content (AvgIpc) is 2.35.